The van der Waals surface area contributed by atoms with Gasteiger partial charge in [-0.15, -0.1) is 0 Å². The van der Waals surface area contributed by atoms with Crippen molar-refractivity contribution in [1.82, 2.24) is 20.5 Å². The highest BCUT2D eigenvalue weighted by Crippen LogP contribution is 2.15. The molecule has 0 saturated heterocycles. The third kappa shape index (κ3) is 3.94. The Hall–Kier alpha value is -1.20. The summed E-state index contributed by atoms with van der Waals surface area (Å²) in [6.45, 7) is 1.86. The van der Waals surface area contributed by atoms with Gasteiger partial charge in [0.05, 0.1) is 0 Å². The fourth-order valence-electron chi connectivity index (χ4n) is 1.60. The van der Waals surface area contributed by atoms with Crippen LogP contribution < -0.4 is 5.32 Å². The molecule has 4 nitrogen and oxygen atoms in total. The molecule has 2 N–H and O–H groups in total. The monoisotopic (exact) mass is 294 g/mol. The van der Waals surface area contributed by atoms with E-state index in [-0.39, 0.29) is 0 Å². The number of halogens is 1. The van der Waals surface area contributed by atoms with E-state index in [0.717, 1.165) is 36.2 Å². The van der Waals surface area contributed by atoms with Crippen LogP contribution >= 0.6 is 15.9 Å². The van der Waals surface area contributed by atoms with Crippen molar-refractivity contribution in [1.29, 1.82) is 0 Å². The molecule has 90 valence electrons. The maximum atomic E-state index is 4.08. The molecule has 0 aliphatic heterocycles. The predicted octanol–water partition coefficient (Wildman–Crippen LogP) is 2.29. The molecule has 2 aromatic rings. The molecule has 1 aromatic heterocycles. The lowest BCUT2D eigenvalue weighted by atomic mass is 10.2. The number of aromatic nitrogens is 3. The number of aromatic amines is 1. The minimum atomic E-state index is 0.887. The maximum absolute atomic E-state index is 4.08. The van der Waals surface area contributed by atoms with Crippen LogP contribution in [0.4, 0.5) is 0 Å². The minimum Gasteiger partial charge on any atom is -0.313 e. The van der Waals surface area contributed by atoms with Crippen molar-refractivity contribution in [3.05, 3.63) is 46.5 Å². The lowest BCUT2D eigenvalue weighted by Crippen LogP contribution is -2.15. The molecule has 0 saturated carbocycles. The van der Waals surface area contributed by atoms with Gasteiger partial charge in [-0.05, 0) is 24.6 Å². The van der Waals surface area contributed by atoms with Gasteiger partial charge in [-0.1, -0.05) is 34.1 Å². The van der Waals surface area contributed by atoms with Gasteiger partial charge >= 0.3 is 0 Å². The summed E-state index contributed by atoms with van der Waals surface area (Å²) in [5.74, 6) is 0.952. The molecule has 0 amide bonds. The zero-order valence-electron chi connectivity index (χ0n) is 9.49. The first-order valence-corrected chi connectivity index (χ1v) is 6.44. The van der Waals surface area contributed by atoms with Crippen molar-refractivity contribution in [2.45, 2.75) is 19.4 Å². The van der Waals surface area contributed by atoms with Gasteiger partial charge in [-0.3, -0.25) is 5.10 Å². The van der Waals surface area contributed by atoms with E-state index >= 15 is 0 Å². The third-order valence-electron chi connectivity index (χ3n) is 2.51. The molecule has 0 aliphatic rings. The van der Waals surface area contributed by atoms with Gasteiger partial charge in [-0.2, -0.15) is 5.10 Å². The van der Waals surface area contributed by atoms with Gasteiger partial charge in [0, 0.05) is 17.4 Å². The van der Waals surface area contributed by atoms with E-state index < -0.39 is 0 Å². The average Bonchev–Trinajstić information content (AvgIpc) is 2.84. The number of hydrogen-bond donors (Lipinski definition) is 2. The molecular formula is C12H15BrN4. The van der Waals surface area contributed by atoms with Crippen LogP contribution in [0.15, 0.2) is 35.1 Å². The van der Waals surface area contributed by atoms with Crippen molar-refractivity contribution in [3.8, 4) is 0 Å². The lowest BCUT2D eigenvalue weighted by Gasteiger charge is -2.05. The second-order valence-electron chi connectivity index (χ2n) is 3.80. The van der Waals surface area contributed by atoms with E-state index in [4.69, 9.17) is 0 Å². The molecule has 0 radical (unpaired) electrons. The highest BCUT2D eigenvalue weighted by Gasteiger charge is 1.98. The zero-order chi connectivity index (χ0) is 11.9. The van der Waals surface area contributed by atoms with Crippen LogP contribution in [0.1, 0.15) is 17.8 Å². The van der Waals surface area contributed by atoms with E-state index in [0.29, 0.717) is 0 Å². The second kappa shape index (κ2) is 6.51. The molecule has 1 heterocycles. The molecule has 0 aliphatic carbocycles. The van der Waals surface area contributed by atoms with Gasteiger partial charge in [0.1, 0.15) is 12.2 Å². The molecule has 5 heteroatoms. The molecule has 0 bridgehead atoms. The molecule has 2 rings (SSSR count). The summed E-state index contributed by atoms with van der Waals surface area (Å²) >= 11 is 3.53. The van der Waals surface area contributed by atoms with Crippen molar-refractivity contribution in [2.24, 2.45) is 0 Å². The molecular weight excluding hydrogens is 280 g/mol. The van der Waals surface area contributed by atoms with Crippen LogP contribution in [0.2, 0.25) is 0 Å². The smallest absolute Gasteiger partial charge is 0.137 e. The van der Waals surface area contributed by atoms with E-state index in [2.05, 4.69) is 54.6 Å². The average molecular weight is 295 g/mol. The minimum absolute atomic E-state index is 0.887. The zero-order valence-corrected chi connectivity index (χ0v) is 11.1. The first-order chi connectivity index (χ1) is 8.36. The van der Waals surface area contributed by atoms with Crippen LogP contribution in [-0.4, -0.2) is 21.7 Å². The summed E-state index contributed by atoms with van der Waals surface area (Å²) < 4.78 is 1.16. The van der Waals surface area contributed by atoms with Crippen molar-refractivity contribution in [2.75, 3.05) is 6.54 Å². The second-order valence-corrected chi connectivity index (χ2v) is 4.66. The van der Waals surface area contributed by atoms with Crippen LogP contribution in [0.3, 0.4) is 0 Å². The molecule has 1 aromatic carbocycles. The van der Waals surface area contributed by atoms with E-state index in [9.17, 15) is 0 Å². The molecule has 0 spiro atoms. The highest BCUT2D eigenvalue weighted by atomic mass is 79.9. The van der Waals surface area contributed by atoms with Crippen LogP contribution in [0.25, 0.3) is 0 Å². The van der Waals surface area contributed by atoms with Crippen molar-refractivity contribution in [3.63, 3.8) is 0 Å². The van der Waals surface area contributed by atoms with Crippen LogP contribution in [0, 0.1) is 0 Å². The molecule has 0 unspecified atom stereocenters. The van der Waals surface area contributed by atoms with Crippen LogP contribution in [0.5, 0.6) is 0 Å². The number of hydrogen-bond acceptors (Lipinski definition) is 3. The fourth-order valence-corrected chi connectivity index (χ4v) is 2.02. The first-order valence-electron chi connectivity index (χ1n) is 5.64. The van der Waals surface area contributed by atoms with Gasteiger partial charge in [0.15, 0.2) is 0 Å². The Morgan fingerprint density at radius 3 is 2.94 bits per heavy atom. The number of aryl methyl sites for hydroxylation is 1. The highest BCUT2D eigenvalue weighted by molar-refractivity contribution is 9.10. The SMILES string of the molecule is Brc1ccccc1CNCCCc1ncn[nH]1. The van der Waals surface area contributed by atoms with E-state index in [1.165, 1.54) is 5.56 Å². The Kier molecular flexibility index (Phi) is 4.70. The summed E-state index contributed by atoms with van der Waals surface area (Å²) in [4.78, 5) is 4.08. The Balaban J connectivity index is 1.65. The number of rotatable bonds is 6. The molecule has 0 fully saturated rings. The molecule has 0 atom stereocenters. The van der Waals surface area contributed by atoms with E-state index in [1.807, 2.05) is 6.07 Å². The van der Waals surface area contributed by atoms with Gasteiger partial charge in [0.2, 0.25) is 0 Å². The largest absolute Gasteiger partial charge is 0.313 e. The standard InChI is InChI=1S/C12H15BrN4/c13-11-5-2-1-4-10(11)8-14-7-3-6-12-15-9-16-17-12/h1-2,4-5,9,14H,3,6-8H2,(H,15,16,17). The normalized spacial score (nSPS) is 10.6. The summed E-state index contributed by atoms with van der Waals surface area (Å²) in [6.07, 6.45) is 3.53. The Labute approximate surface area is 109 Å². The van der Waals surface area contributed by atoms with Gasteiger partial charge in [0.25, 0.3) is 0 Å². The Morgan fingerprint density at radius 1 is 1.29 bits per heavy atom. The Bertz CT molecular complexity index is 442. The summed E-state index contributed by atoms with van der Waals surface area (Å²) in [5.41, 5.74) is 1.28. The predicted molar refractivity (Wildman–Crippen MR) is 70.6 cm³/mol. The topological polar surface area (TPSA) is 53.6 Å². The quantitative estimate of drug-likeness (QED) is 0.804. The molecule has 17 heavy (non-hydrogen) atoms. The van der Waals surface area contributed by atoms with Crippen molar-refractivity contribution < 1.29 is 0 Å². The number of benzene rings is 1. The number of H-pyrrole nitrogens is 1. The summed E-state index contributed by atoms with van der Waals surface area (Å²) in [5, 5.41) is 10.1. The summed E-state index contributed by atoms with van der Waals surface area (Å²) in [7, 11) is 0. The number of nitrogens with one attached hydrogen (secondary N) is 2. The van der Waals surface area contributed by atoms with Gasteiger partial charge < -0.3 is 5.32 Å². The first kappa shape index (κ1) is 12.3. The van der Waals surface area contributed by atoms with Gasteiger partial charge in [-0.25, -0.2) is 4.98 Å². The van der Waals surface area contributed by atoms with E-state index in [1.54, 1.807) is 6.33 Å². The maximum Gasteiger partial charge on any atom is 0.137 e. The summed E-state index contributed by atoms with van der Waals surface area (Å²) in [6, 6.07) is 8.26. The van der Waals surface area contributed by atoms with Crippen LogP contribution in [-0.2, 0) is 13.0 Å². The Morgan fingerprint density at radius 2 is 2.18 bits per heavy atom. The number of nitrogens with zero attached hydrogens (tertiary/aromatic N) is 2. The lowest BCUT2D eigenvalue weighted by molar-refractivity contribution is 0.638. The fraction of sp³-hybridized carbons (Fsp3) is 0.333. The third-order valence-corrected chi connectivity index (χ3v) is 3.28. The van der Waals surface area contributed by atoms with Crippen molar-refractivity contribution >= 4 is 15.9 Å².